The lowest BCUT2D eigenvalue weighted by atomic mass is 9.80. The molecule has 1 nitrogen and oxygen atoms in total. The largest absolute Gasteiger partial charge is 0.508 e. The first-order valence-electron chi connectivity index (χ1n) is 8.94. The van der Waals surface area contributed by atoms with E-state index in [1.54, 1.807) is 0 Å². The van der Waals surface area contributed by atoms with Crippen molar-refractivity contribution in [2.75, 3.05) is 0 Å². The van der Waals surface area contributed by atoms with E-state index in [4.69, 9.17) is 0 Å². The molecule has 2 aromatic carbocycles. The van der Waals surface area contributed by atoms with E-state index in [0.717, 1.165) is 39.8 Å². The van der Waals surface area contributed by atoms with Gasteiger partial charge in [-0.2, -0.15) is 0 Å². The molecule has 3 rings (SSSR count). The SMILES string of the molecule is C=C1C=C(C)/C(=C(/c2ccc(C)cc2)c2cc(O)c(C)cc2C)CC1=C. The summed E-state index contributed by atoms with van der Waals surface area (Å²) in [5.41, 5.74) is 11.2. The molecule has 0 saturated carbocycles. The van der Waals surface area contributed by atoms with Crippen molar-refractivity contribution in [2.24, 2.45) is 0 Å². The van der Waals surface area contributed by atoms with Gasteiger partial charge < -0.3 is 5.11 Å². The van der Waals surface area contributed by atoms with Gasteiger partial charge in [0.15, 0.2) is 0 Å². The zero-order valence-electron chi connectivity index (χ0n) is 16.1. The van der Waals surface area contributed by atoms with Gasteiger partial charge in [-0.25, -0.2) is 0 Å². The summed E-state index contributed by atoms with van der Waals surface area (Å²) < 4.78 is 0. The predicted molar refractivity (Wildman–Crippen MR) is 111 cm³/mol. The molecule has 0 fully saturated rings. The minimum Gasteiger partial charge on any atom is -0.508 e. The van der Waals surface area contributed by atoms with E-state index in [9.17, 15) is 5.11 Å². The maximum atomic E-state index is 10.4. The van der Waals surface area contributed by atoms with Crippen LogP contribution < -0.4 is 0 Å². The van der Waals surface area contributed by atoms with Crippen LogP contribution in [0.3, 0.4) is 0 Å². The number of phenols is 1. The third-order valence-corrected chi connectivity index (χ3v) is 5.17. The quantitative estimate of drug-likeness (QED) is 0.653. The Hall–Kier alpha value is -2.80. The Labute approximate surface area is 156 Å². The number of hydrogen-bond donors (Lipinski definition) is 1. The number of rotatable bonds is 2. The lowest BCUT2D eigenvalue weighted by molar-refractivity contribution is 0.471. The first-order valence-corrected chi connectivity index (χ1v) is 8.94. The van der Waals surface area contributed by atoms with Crippen LogP contribution in [0.25, 0.3) is 5.57 Å². The highest BCUT2D eigenvalue weighted by Crippen LogP contribution is 2.40. The molecule has 2 aromatic rings. The predicted octanol–water partition coefficient (Wildman–Crippen LogP) is 6.58. The molecule has 1 aliphatic rings. The normalized spacial score (nSPS) is 16.5. The summed E-state index contributed by atoms with van der Waals surface area (Å²) in [4.78, 5) is 0. The minimum atomic E-state index is 0.330. The van der Waals surface area contributed by atoms with Crippen molar-refractivity contribution in [2.45, 2.75) is 34.1 Å². The Morgan fingerprint density at radius 3 is 2.23 bits per heavy atom. The molecule has 1 N–H and O–H groups in total. The summed E-state index contributed by atoms with van der Waals surface area (Å²) in [6.45, 7) is 16.6. The van der Waals surface area contributed by atoms with Gasteiger partial charge in [-0.3, -0.25) is 0 Å². The van der Waals surface area contributed by atoms with Gasteiger partial charge >= 0.3 is 0 Å². The summed E-state index contributed by atoms with van der Waals surface area (Å²) >= 11 is 0. The van der Waals surface area contributed by atoms with Crippen LogP contribution >= 0.6 is 0 Å². The van der Waals surface area contributed by atoms with E-state index < -0.39 is 0 Å². The fraction of sp³-hybridized carbons (Fsp3) is 0.200. The average molecular weight is 342 g/mol. The number of benzene rings is 2. The topological polar surface area (TPSA) is 20.2 Å². The van der Waals surface area contributed by atoms with Gasteiger partial charge in [0.1, 0.15) is 5.75 Å². The molecular formula is C25H26O. The highest BCUT2D eigenvalue weighted by Gasteiger charge is 2.20. The molecule has 26 heavy (non-hydrogen) atoms. The van der Waals surface area contributed by atoms with E-state index in [1.165, 1.54) is 22.3 Å². The molecule has 0 spiro atoms. The third-order valence-electron chi connectivity index (χ3n) is 5.17. The molecule has 132 valence electrons. The van der Waals surface area contributed by atoms with Crippen LogP contribution in [-0.2, 0) is 0 Å². The van der Waals surface area contributed by atoms with Crippen molar-refractivity contribution < 1.29 is 5.11 Å². The Bertz CT molecular complexity index is 966. The second-order valence-corrected chi connectivity index (χ2v) is 7.31. The van der Waals surface area contributed by atoms with Crippen LogP contribution in [0.4, 0.5) is 0 Å². The standard InChI is InChI=1S/C25H26O/c1-15-7-9-21(10-8-15)25(22-13-17(3)16(2)11-18(22)4)23-14-24(26)20(6)12-19(23)5/h7-12,14,26H,2-3,13H2,1,4-6H3/b25-22-. The summed E-state index contributed by atoms with van der Waals surface area (Å²) in [6.07, 6.45) is 2.89. The van der Waals surface area contributed by atoms with E-state index >= 15 is 0 Å². The van der Waals surface area contributed by atoms with Crippen molar-refractivity contribution in [3.8, 4) is 5.75 Å². The van der Waals surface area contributed by atoms with Crippen LogP contribution in [0, 0.1) is 20.8 Å². The van der Waals surface area contributed by atoms with Crippen molar-refractivity contribution in [3.63, 3.8) is 0 Å². The smallest absolute Gasteiger partial charge is 0.119 e. The molecule has 0 unspecified atom stereocenters. The highest BCUT2D eigenvalue weighted by molar-refractivity contribution is 5.87. The Morgan fingerprint density at radius 2 is 1.58 bits per heavy atom. The fourth-order valence-corrected chi connectivity index (χ4v) is 3.53. The molecule has 0 saturated heterocycles. The first kappa shape index (κ1) is 18.0. The van der Waals surface area contributed by atoms with E-state index in [0.29, 0.717) is 5.75 Å². The summed E-state index contributed by atoms with van der Waals surface area (Å²) in [5, 5.41) is 10.4. The second kappa shape index (κ2) is 6.84. The average Bonchev–Trinajstić information content (AvgIpc) is 2.58. The zero-order chi connectivity index (χ0) is 19.0. The van der Waals surface area contributed by atoms with Crippen LogP contribution in [-0.4, -0.2) is 5.11 Å². The monoisotopic (exact) mass is 342 g/mol. The molecule has 1 heteroatoms. The maximum Gasteiger partial charge on any atom is 0.119 e. The molecule has 0 atom stereocenters. The first-order chi connectivity index (χ1) is 12.3. The van der Waals surface area contributed by atoms with E-state index in [-0.39, 0.29) is 0 Å². The molecule has 0 aromatic heterocycles. The van der Waals surface area contributed by atoms with Gasteiger partial charge in [-0.05, 0) is 90.3 Å². The van der Waals surface area contributed by atoms with Gasteiger partial charge in [0.25, 0.3) is 0 Å². The number of aromatic hydroxyl groups is 1. The van der Waals surface area contributed by atoms with Crippen LogP contribution in [0.2, 0.25) is 0 Å². The van der Waals surface area contributed by atoms with Crippen molar-refractivity contribution in [1.29, 1.82) is 0 Å². The molecule has 0 radical (unpaired) electrons. The molecule has 0 heterocycles. The Kier molecular flexibility index (Phi) is 4.73. The van der Waals surface area contributed by atoms with Crippen LogP contribution in [0.5, 0.6) is 5.75 Å². The molecule has 0 amide bonds. The summed E-state index contributed by atoms with van der Waals surface area (Å²) in [6, 6.07) is 12.5. The minimum absolute atomic E-state index is 0.330. The third kappa shape index (κ3) is 3.30. The second-order valence-electron chi connectivity index (χ2n) is 7.31. The number of phenolic OH excluding ortho intramolecular Hbond substituents is 1. The van der Waals surface area contributed by atoms with Crippen molar-refractivity contribution >= 4 is 5.57 Å². The lowest BCUT2D eigenvalue weighted by Crippen LogP contribution is -2.05. The highest BCUT2D eigenvalue weighted by atomic mass is 16.3. The molecule has 0 bridgehead atoms. The summed E-state index contributed by atoms with van der Waals surface area (Å²) in [5.74, 6) is 0.330. The van der Waals surface area contributed by atoms with Gasteiger partial charge in [0.2, 0.25) is 0 Å². The van der Waals surface area contributed by atoms with Crippen LogP contribution in [0.15, 0.2) is 77.9 Å². The van der Waals surface area contributed by atoms with Gasteiger partial charge in [0, 0.05) is 0 Å². The molecule has 1 aliphatic carbocycles. The molecule has 0 aliphatic heterocycles. The van der Waals surface area contributed by atoms with Crippen LogP contribution in [0.1, 0.15) is 41.2 Å². The Morgan fingerprint density at radius 1 is 0.923 bits per heavy atom. The van der Waals surface area contributed by atoms with Crippen molar-refractivity contribution in [3.05, 3.63) is 106 Å². The van der Waals surface area contributed by atoms with Crippen molar-refractivity contribution in [1.82, 2.24) is 0 Å². The number of aryl methyl sites for hydroxylation is 3. The molecular weight excluding hydrogens is 316 g/mol. The van der Waals surface area contributed by atoms with Gasteiger partial charge in [-0.1, -0.05) is 55.1 Å². The van der Waals surface area contributed by atoms with Gasteiger partial charge in [0.05, 0.1) is 0 Å². The number of hydrogen-bond acceptors (Lipinski definition) is 1. The van der Waals surface area contributed by atoms with E-state index in [2.05, 4.69) is 70.3 Å². The zero-order valence-corrected chi connectivity index (χ0v) is 16.1. The number of allylic oxidation sites excluding steroid dienone is 5. The summed E-state index contributed by atoms with van der Waals surface area (Å²) in [7, 11) is 0. The Balaban J connectivity index is 2.35. The fourth-order valence-electron chi connectivity index (χ4n) is 3.53. The lowest BCUT2D eigenvalue weighted by Gasteiger charge is -2.24. The van der Waals surface area contributed by atoms with E-state index in [1.807, 2.05) is 13.0 Å². The van der Waals surface area contributed by atoms with Gasteiger partial charge in [-0.15, -0.1) is 0 Å². The maximum absolute atomic E-state index is 10.4.